The zero-order valence-corrected chi connectivity index (χ0v) is 24.5. The minimum atomic E-state index is -0.886. The van der Waals surface area contributed by atoms with Gasteiger partial charge in [0.1, 0.15) is 47.7 Å². The van der Waals surface area contributed by atoms with Crippen molar-refractivity contribution in [1.82, 2.24) is 0 Å². The SMILES string of the molecule is COCOc1cc(OCc2ccc(OC)cc2)cc2c1C(=O)O[C@@H](C)[C@H](C)/C=C\[C@@H](O)C1OC(C)(C)O[C@H]1CC=C2. The van der Waals surface area contributed by atoms with Crippen molar-refractivity contribution < 1.29 is 43.1 Å². The Morgan fingerprint density at radius 1 is 1.00 bits per heavy atom. The highest BCUT2D eigenvalue weighted by Gasteiger charge is 2.43. The molecule has 0 aromatic heterocycles. The van der Waals surface area contributed by atoms with Crippen LogP contribution in [-0.2, 0) is 25.6 Å². The molecule has 1 unspecified atom stereocenters. The average molecular weight is 569 g/mol. The predicted octanol–water partition coefficient (Wildman–Crippen LogP) is 5.29. The third kappa shape index (κ3) is 7.89. The van der Waals surface area contributed by atoms with Gasteiger partial charge in [0.05, 0.1) is 13.2 Å². The third-order valence-electron chi connectivity index (χ3n) is 7.08. The molecular formula is C32H40O9. The van der Waals surface area contributed by atoms with E-state index in [0.717, 1.165) is 11.3 Å². The lowest BCUT2D eigenvalue weighted by molar-refractivity contribution is -0.152. The van der Waals surface area contributed by atoms with Crippen LogP contribution in [0.15, 0.2) is 54.6 Å². The summed E-state index contributed by atoms with van der Waals surface area (Å²) in [5.41, 5.74) is 1.76. The Bertz CT molecular complexity index is 1230. The number of carbonyl (C=O) groups is 1. The first-order valence-electron chi connectivity index (χ1n) is 13.7. The molecule has 222 valence electrons. The van der Waals surface area contributed by atoms with Crippen LogP contribution in [0.3, 0.4) is 0 Å². The number of fused-ring (bicyclic) bond motifs is 2. The lowest BCUT2D eigenvalue weighted by Crippen LogP contribution is -2.34. The normalized spacial score (nSPS) is 26.7. The second kappa shape index (κ2) is 13.5. The molecule has 1 fully saturated rings. The van der Waals surface area contributed by atoms with E-state index in [-0.39, 0.29) is 24.0 Å². The van der Waals surface area contributed by atoms with Crippen LogP contribution in [0.2, 0.25) is 0 Å². The molecule has 4 rings (SSSR count). The van der Waals surface area contributed by atoms with Gasteiger partial charge < -0.3 is 38.3 Å². The molecule has 0 saturated carbocycles. The van der Waals surface area contributed by atoms with E-state index < -0.39 is 36.2 Å². The van der Waals surface area contributed by atoms with Crippen LogP contribution >= 0.6 is 0 Å². The zero-order chi connectivity index (χ0) is 29.6. The van der Waals surface area contributed by atoms with Crippen molar-refractivity contribution in [3.8, 4) is 17.2 Å². The summed E-state index contributed by atoms with van der Waals surface area (Å²) in [4.78, 5) is 13.6. The topological polar surface area (TPSA) is 102 Å². The summed E-state index contributed by atoms with van der Waals surface area (Å²) < 4.78 is 40.3. The summed E-state index contributed by atoms with van der Waals surface area (Å²) in [5.74, 6) is -0.0229. The Balaban J connectivity index is 1.71. The fraction of sp³-hybridized carbons (Fsp3) is 0.469. The van der Waals surface area contributed by atoms with Crippen molar-refractivity contribution in [3.05, 3.63) is 71.3 Å². The summed E-state index contributed by atoms with van der Waals surface area (Å²) in [7, 11) is 3.13. The first-order chi connectivity index (χ1) is 19.6. The van der Waals surface area contributed by atoms with E-state index >= 15 is 0 Å². The van der Waals surface area contributed by atoms with Gasteiger partial charge in [0.25, 0.3) is 0 Å². The number of methoxy groups -OCH3 is 2. The van der Waals surface area contributed by atoms with Crippen LogP contribution < -0.4 is 14.2 Å². The summed E-state index contributed by atoms with van der Waals surface area (Å²) in [6.07, 6.45) is 5.31. The molecule has 2 aliphatic heterocycles. The van der Waals surface area contributed by atoms with Crippen LogP contribution in [0, 0.1) is 5.92 Å². The molecule has 1 N–H and O–H groups in total. The van der Waals surface area contributed by atoms with Crippen molar-refractivity contribution in [2.24, 2.45) is 5.92 Å². The van der Waals surface area contributed by atoms with E-state index in [1.807, 2.05) is 70.2 Å². The fourth-order valence-corrected chi connectivity index (χ4v) is 4.72. The number of hydrogen-bond donors (Lipinski definition) is 1. The lowest BCUT2D eigenvalue weighted by Gasteiger charge is -2.23. The molecule has 0 radical (unpaired) electrons. The molecule has 5 atom stereocenters. The van der Waals surface area contributed by atoms with Crippen molar-refractivity contribution >= 4 is 12.0 Å². The monoisotopic (exact) mass is 568 g/mol. The van der Waals surface area contributed by atoms with Gasteiger partial charge in [-0.3, -0.25) is 0 Å². The van der Waals surface area contributed by atoms with E-state index in [9.17, 15) is 9.90 Å². The van der Waals surface area contributed by atoms with E-state index in [1.165, 1.54) is 7.11 Å². The average Bonchev–Trinajstić information content (AvgIpc) is 3.27. The number of cyclic esters (lactones) is 1. The van der Waals surface area contributed by atoms with Crippen LogP contribution in [0.1, 0.15) is 55.6 Å². The number of aliphatic hydroxyl groups is 1. The highest BCUT2D eigenvalue weighted by molar-refractivity contribution is 5.97. The van der Waals surface area contributed by atoms with Gasteiger partial charge >= 0.3 is 5.97 Å². The first kappa shape index (κ1) is 30.6. The Hall–Kier alpha value is -3.37. The minimum Gasteiger partial charge on any atom is -0.497 e. The van der Waals surface area contributed by atoms with E-state index in [0.29, 0.717) is 24.3 Å². The van der Waals surface area contributed by atoms with Gasteiger partial charge in [0, 0.05) is 19.1 Å². The summed E-state index contributed by atoms with van der Waals surface area (Å²) in [6.45, 7) is 7.61. The second-order valence-corrected chi connectivity index (χ2v) is 10.7. The largest absolute Gasteiger partial charge is 0.497 e. The van der Waals surface area contributed by atoms with Crippen LogP contribution in [-0.4, -0.2) is 62.3 Å². The van der Waals surface area contributed by atoms with E-state index in [2.05, 4.69) is 0 Å². The molecule has 0 spiro atoms. The molecule has 2 aromatic carbocycles. The number of hydrogen-bond acceptors (Lipinski definition) is 9. The van der Waals surface area contributed by atoms with Crippen molar-refractivity contribution in [2.75, 3.05) is 21.0 Å². The van der Waals surface area contributed by atoms with Gasteiger partial charge in [-0.1, -0.05) is 43.4 Å². The smallest absolute Gasteiger partial charge is 0.342 e. The van der Waals surface area contributed by atoms with Crippen LogP contribution in [0.25, 0.3) is 6.08 Å². The number of aliphatic hydroxyl groups excluding tert-OH is 1. The highest BCUT2D eigenvalue weighted by atomic mass is 16.8. The molecule has 9 heteroatoms. The van der Waals surface area contributed by atoms with Crippen molar-refractivity contribution in [3.63, 3.8) is 0 Å². The maximum atomic E-state index is 13.6. The molecule has 2 heterocycles. The minimum absolute atomic E-state index is 0.0675. The van der Waals surface area contributed by atoms with Crippen LogP contribution in [0.4, 0.5) is 0 Å². The maximum Gasteiger partial charge on any atom is 0.342 e. The quantitative estimate of drug-likeness (QED) is 0.271. The molecule has 2 aromatic rings. The van der Waals surface area contributed by atoms with Gasteiger partial charge in [0.2, 0.25) is 0 Å². The van der Waals surface area contributed by atoms with Gasteiger partial charge in [-0.15, -0.1) is 0 Å². The Morgan fingerprint density at radius 3 is 2.46 bits per heavy atom. The Kier molecular flexibility index (Phi) is 10.1. The van der Waals surface area contributed by atoms with Crippen LogP contribution in [0.5, 0.6) is 17.2 Å². The number of benzene rings is 2. The van der Waals surface area contributed by atoms with Gasteiger partial charge in [0.15, 0.2) is 12.6 Å². The molecule has 41 heavy (non-hydrogen) atoms. The van der Waals surface area contributed by atoms with E-state index in [1.54, 1.807) is 25.3 Å². The summed E-state index contributed by atoms with van der Waals surface area (Å²) in [5, 5.41) is 10.9. The molecule has 2 aliphatic rings. The number of carbonyl (C=O) groups excluding carboxylic acids is 1. The number of esters is 1. The Labute approximate surface area is 241 Å². The highest BCUT2D eigenvalue weighted by Crippen LogP contribution is 2.35. The van der Waals surface area contributed by atoms with E-state index in [4.69, 9.17) is 33.2 Å². The molecule has 0 aliphatic carbocycles. The molecular weight excluding hydrogens is 528 g/mol. The third-order valence-corrected chi connectivity index (χ3v) is 7.08. The Morgan fingerprint density at radius 2 is 1.76 bits per heavy atom. The number of rotatable bonds is 7. The standard InChI is InChI=1S/C32H40O9/c1-20-10-15-26(33)30-27(40-32(3,4)41-30)9-7-8-23-16-25(37-18-22-11-13-24(36-6)14-12-22)17-28(38-19-35-5)29(23)31(34)39-21(20)2/h7-8,10-17,20-21,26-27,30,33H,9,18-19H2,1-6H3/b8-7?,15-10-/t20-,21+,26-,27+,30?/m1/s1. The molecule has 1 saturated heterocycles. The molecule has 9 nitrogen and oxygen atoms in total. The van der Waals surface area contributed by atoms with Gasteiger partial charge in [-0.25, -0.2) is 4.79 Å². The predicted molar refractivity (Wildman–Crippen MR) is 153 cm³/mol. The van der Waals surface area contributed by atoms with Gasteiger partial charge in [-0.05, 0) is 56.5 Å². The molecule has 0 amide bonds. The summed E-state index contributed by atoms with van der Waals surface area (Å²) >= 11 is 0. The summed E-state index contributed by atoms with van der Waals surface area (Å²) in [6, 6.07) is 11.0. The van der Waals surface area contributed by atoms with Crippen molar-refractivity contribution in [1.29, 1.82) is 0 Å². The number of ether oxygens (including phenoxy) is 7. The first-order valence-corrected chi connectivity index (χ1v) is 13.7. The lowest BCUT2D eigenvalue weighted by atomic mass is 9.99. The maximum absolute atomic E-state index is 13.6. The van der Waals surface area contributed by atoms with Crippen molar-refractivity contribution in [2.45, 2.75) is 70.9 Å². The van der Waals surface area contributed by atoms with Gasteiger partial charge in [-0.2, -0.15) is 0 Å². The zero-order valence-electron chi connectivity index (χ0n) is 24.5. The second-order valence-electron chi connectivity index (χ2n) is 10.7. The fourth-order valence-electron chi connectivity index (χ4n) is 4.72. The molecule has 0 bridgehead atoms.